The Bertz CT molecular complexity index is 1320. The van der Waals surface area contributed by atoms with Crippen LogP contribution in [0, 0.1) is 5.41 Å². The van der Waals surface area contributed by atoms with E-state index in [9.17, 15) is 23.1 Å². The average Bonchev–Trinajstić information content (AvgIpc) is 3.75. The maximum Gasteiger partial charge on any atom is 0.304 e. The van der Waals surface area contributed by atoms with Gasteiger partial charge in [0.15, 0.2) is 0 Å². The van der Waals surface area contributed by atoms with Gasteiger partial charge in [-0.2, -0.15) is 0 Å². The third-order valence-electron chi connectivity index (χ3n) is 8.35. The van der Waals surface area contributed by atoms with Gasteiger partial charge in [0.2, 0.25) is 15.9 Å². The average molecular weight is 596 g/mol. The molecule has 4 atom stereocenters. The SMILES string of the molecule is CCC(CN(C)S(=O)(=O)C1CC1)N1C(=O)[C@@](CC)(CC(=O)O)C[C@H](c2cccc(Cl)c2)[C@H]1c1ccc(Cl)cc1. The highest BCUT2D eigenvalue weighted by atomic mass is 35.5. The number of amides is 1. The maximum absolute atomic E-state index is 14.5. The highest BCUT2D eigenvalue weighted by Gasteiger charge is 2.54. The lowest BCUT2D eigenvalue weighted by molar-refractivity contribution is -0.162. The number of carboxylic acid groups (broad SMARTS) is 1. The van der Waals surface area contributed by atoms with E-state index in [4.69, 9.17) is 23.2 Å². The molecule has 0 bridgehead atoms. The van der Waals surface area contributed by atoms with Crippen LogP contribution in [0.15, 0.2) is 48.5 Å². The third-order valence-corrected chi connectivity index (χ3v) is 11.2. The number of likely N-dealkylation sites (tertiary alicyclic amines) is 1. The third kappa shape index (κ3) is 6.14. The molecular formula is C29H36Cl2N2O5S. The lowest BCUT2D eigenvalue weighted by Gasteiger charge is -2.53. The van der Waals surface area contributed by atoms with Crippen molar-refractivity contribution >= 4 is 45.1 Å². The number of nitrogens with zero attached hydrogens (tertiary/aromatic N) is 2. The highest BCUT2D eigenvalue weighted by molar-refractivity contribution is 7.90. The smallest absolute Gasteiger partial charge is 0.304 e. The van der Waals surface area contributed by atoms with E-state index in [-0.39, 0.29) is 30.0 Å². The number of hydrogen-bond acceptors (Lipinski definition) is 4. The number of sulfonamides is 1. The van der Waals surface area contributed by atoms with Crippen LogP contribution in [0.5, 0.6) is 0 Å². The van der Waals surface area contributed by atoms with Gasteiger partial charge in [-0.15, -0.1) is 0 Å². The number of aliphatic carboxylic acids is 1. The Balaban J connectivity index is 1.89. The van der Waals surface area contributed by atoms with E-state index in [1.807, 2.05) is 44.2 Å². The molecule has 2 fully saturated rings. The summed E-state index contributed by atoms with van der Waals surface area (Å²) in [7, 11) is -1.90. The van der Waals surface area contributed by atoms with Crippen LogP contribution in [0.4, 0.5) is 0 Å². The van der Waals surface area contributed by atoms with Gasteiger partial charge in [0.05, 0.1) is 23.1 Å². The van der Waals surface area contributed by atoms with Crippen LogP contribution in [0.3, 0.4) is 0 Å². The molecule has 1 amide bonds. The molecule has 1 saturated heterocycles. The normalized spacial score (nSPS) is 24.7. The number of rotatable bonds is 11. The largest absolute Gasteiger partial charge is 0.481 e. The zero-order chi connectivity index (χ0) is 28.5. The number of piperidine rings is 1. The fourth-order valence-corrected chi connectivity index (χ4v) is 7.94. The summed E-state index contributed by atoms with van der Waals surface area (Å²) >= 11 is 12.6. The molecule has 0 spiro atoms. The summed E-state index contributed by atoms with van der Waals surface area (Å²) in [5.74, 6) is -1.57. The zero-order valence-electron chi connectivity index (χ0n) is 22.5. The summed E-state index contributed by atoms with van der Waals surface area (Å²) in [5, 5.41) is 10.6. The van der Waals surface area contributed by atoms with Crippen LogP contribution in [-0.2, 0) is 19.6 Å². The quantitative estimate of drug-likeness (QED) is 0.338. The molecule has 2 aromatic carbocycles. The van der Waals surface area contributed by atoms with Gasteiger partial charge in [0.1, 0.15) is 0 Å². The molecule has 1 N–H and O–H groups in total. The van der Waals surface area contributed by atoms with Crippen molar-refractivity contribution in [2.75, 3.05) is 13.6 Å². The summed E-state index contributed by atoms with van der Waals surface area (Å²) in [4.78, 5) is 28.4. The van der Waals surface area contributed by atoms with Crippen LogP contribution in [0.2, 0.25) is 10.0 Å². The number of carbonyl (C=O) groups is 2. The Morgan fingerprint density at radius 1 is 1.10 bits per heavy atom. The van der Waals surface area contributed by atoms with E-state index in [0.29, 0.717) is 42.1 Å². The van der Waals surface area contributed by atoms with E-state index in [1.165, 1.54) is 4.31 Å². The van der Waals surface area contributed by atoms with Gasteiger partial charge in [-0.25, -0.2) is 12.7 Å². The van der Waals surface area contributed by atoms with Crippen molar-refractivity contribution in [2.24, 2.45) is 5.41 Å². The number of hydrogen-bond donors (Lipinski definition) is 1. The number of carboxylic acids is 1. The number of likely N-dealkylation sites (N-methyl/N-ethyl adjacent to an activating group) is 1. The van der Waals surface area contributed by atoms with E-state index < -0.39 is 33.5 Å². The van der Waals surface area contributed by atoms with Crippen molar-refractivity contribution in [3.05, 3.63) is 69.7 Å². The predicted molar refractivity (Wildman–Crippen MR) is 153 cm³/mol. The second-order valence-corrected chi connectivity index (χ2v) is 14.1. The van der Waals surface area contributed by atoms with Crippen molar-refractivity contribution < 1.29 is 23.1 Å². The molecule has 4 rings (SSSR count). The first kappa shape index (κ1) is 29.8. The molecule has 1 aliphatic carbocycles. The molecule has 1 unspecified atom stereocenters. The second-order valence-electron chi connectivity index (χ2n) is 10.9. The Labute approximate surface area is 241 Å². The summed E-state index contributed by atoms with van der Waals surface area (Å²) in [6.45, 7) is 3.91. The summed E-state index contributed by atoms with van der Waals surface area (Å²) in [6.07, 6.45) is 2.14. The standard InChI is InChI=1S/C29H36Cl2N2O5S/c1-4-23(18-32(3)39(37,38)24-13-14-24)33-27(19-9-11-21(30)12-10-19)25(20-7-6-8-22(31)15-20)16-29(5-2,28(33)36)17-26(34)35/h6-12,15,23-25,27H,4-5,13-14,16-18H2,1-3H3,(H,34,35)/t23?,25-,27-,29-/m1/s1. The Kier molecular flexibility index (Phi) is 9.01. The molecule has 7 nitrogen and oxygen atoms in total. The van der Waals surface area contributed by atoms with Gasteiger partial charge in [-0.1, -0.05) is 61.3 Å². The fraction of sp³-hybridized carbons (Fsp3) is 0.517. The molecule has 39 heavy (non-hydrogen) atoms. The maximum atomic E-state index is 14.5. The molecule has 0 aromatic heterocycles. The topological polar surface area (TPSA) is 95.0 Å². The number of halogens is 2. The summed E-state index contributed by atoms with van der Waals surface area (Å²) < 4.78 is 27.5. The first-order valence-corrected chi connectivity index (χ1v) is 15.7. The van der Waals surface area contributed by atoms with Crippen molar-refractivity contribution in [1.82, 2.24) is 9.21 Å². The van der Waals surface area contributed by atoms with Crippen molar-refractivity contribution in [3.8, 4) is 0 Å². The van der Waals surface area contributed by atoms with Gasteiger partial charge in [-0.05, 0) is 67.5 Å². The highest BCUT2D eigenvalue weighted by Crippen LogP contribution is 2.53. The van der Waals surface area contributed by atoms with Gasteiger partial charge >= 0.3 is 5.97 Å². The number of benzene rings is 2. The Morgan fingerprint density at radius 2 is 1.77 bits per heavy atom. The molecule has 1 heterocycles. The molecule has 1 saturated carbocycles. The minimum Gasteiger partial charge on any atom is -0.481 e. The van der Waals surface area contributed by atoms with Crippen LogP contribution in [0.1, 0.15) is 75.5 Å². The number of carbonyl (C=O) groups excluding carboxylic acids is 1. The van der Waals surface area contributed by atoms with Crippen LogP contribution in [0.25, 0.3) is 0 Å². The van der Waals surface area contributed by atoms with Crippen molar-refractivity contribution in [2.45, 2.75) is 75.6 Å². The Morgan fingerprint density at radius 3 is 2.31 bits per heavy atom. The Hall–Kier alpha value is -2.13. The molecular weight excluding hydrogens is 559 g/mol. The van der Waals surface area contributed by atoms with Gasteiger partial charge in [0, 0.05) is 35.6 Å². The summed E-state index contributed by atoms with van der Waals surface area (Å²) in [5.41, 5.74) is 0.601. The van der Waals surface area contributed by atoms with Gasteiger partial charge in [0.25, 0.3) is 0 Å². The second kappa shape index (κ2) is 11.8. The first-order valence-electron chi connectivity index (χ1n) is 13.4. The summed E-state index contributed by atoms with van der Waals surface area (Å²) in [6, 6.07) is 13.9. The molecule has 10 heteroatoms. The molecule has 0 radical (unpaired) electrons. The fourth-order valence-electron chi connectivity index (χ4n) is 5.99. The molecule has 212 valence electrons. The van der Waals surface area contributed by atoms with Crippen LogP contribution in [-0.4, -0.2) is 59.5 Å². The van der Waals surface area contributed by atoms with Gasteiger partial charge < -0.3 is 10.0 Å². The van der Waals surface area contributed by atoms with Crippen LogP contribution < -0.4 is 0 Å². The molecule has 2 aromatic rings. The molecule has 1 aliphatic heterocycles. The zero-order valence-corrected chi connectivity index (χ0v) is 24.8. The van der Waals surface area contributed by atoms with E-state index in [1.54, 1.807) is 30.1 Å². The molecule has 2 aliphatic rings. The lowest BCUT2D eigenvalue weighted by Crippen LogP contribution is -2.59. The minimum absolute atomic E-state index is 0.125. The van der Waals surface area contributed by atoms with Crippen LogP contribution >= 0.6 is 23.2 Å². The first-order chi connectivity index (χ1) is 18.4. The van der Waals surface area contributed by atoms with Crippen molar-refractivity contribution in [1.29, 1.82) is 0 Å². The van der Waals surface area contributed by atoms with Gasteiger partial charge in [-0.3, -0.25) is 9.59 Å². The predicted octanol–water partition coefficient (Wildman–Crippen LogP) is 6.12. The monoisotopic (exact) mass is 594 g/mol. The minimum atomic E-state index is -3.47. The van der Waals surface area contributed by atoms with Crippen molar-refractivity contribution in [3.63, 3.8) is 0 Å². The van der Waals surface area contributed by atoms with E-state index in [2.05, 4.69) is 0 Å². The lowest BCUT2D eigenvalue weighted by atomic mass is 9.65. The van der Waals surface area contributed by atoms with E-state index in [0.717, 1.165) is 11.1 Å². The van der Waals surface area contributed by atoms with E-state index >= 15 is 0 Å².